The molecule has 0 radical (unpaired) electrons. The molecule has 120 valence electrons. The van der Waals surface area contributed by atoms with Crippen molar-refractivity contribution in [2.45, 2.75) is 18.9 Å². The highest BCUT2D eigenvalue weighted by atomic mass is 35.5. The lowest BCUT2D eigenvalue weighted by Gasteiger charge is -2.35. The third-order valence-corrected chi connectivity index (χ3v) is 3.70. The topological polar surface area (TPSA) is 15.3 Å². The minimum Gasteiger partial charge on any atom is -0.314 e. The highest BCUT2D eigenvalue weighted by Crippen LogP contribution is 2.34. The molecule has 0 amide bonds. The molecule has 1 saturated heterocycles. The van der Waals surface area contributed by atoms with Crippen LogP contribution in [0.2, 0.25) is 5.02 Å². The van der Waals surface area contributed by atoms with Crippen LogP contribution in [0.5, 0.6) is 0 Å². The Balaban J connectivity index is 0.00000220. The molecular weight excluding hydrogens is 331 g/mol. The Morgan fingerprint density at radius 1 is 1.19 bits per heavy atom. The van der Waals surface area contributed by atoms with Crippen LogP contribution < -0.4 is 5.32 Å². The van der Waals surface area contributed by atoms with Crippen LogP contribution in [0.25, 0.3) is 0 Å². The van der Waals surface area contributed by atoms with Crippen LogP contribution in [0.3, 0.4) is 0 Å². The Morgan fingerprint density at radius 2 is 1.81 bits per heavy atom. The van der Waals surface area contributed by atoms with Gasteiger partial charge in [0, 0.05) is 44.2 Å². The Morgan fingerprint density at radius 3 is 2.38 bits per heavy atom. The largest absolute Gasteiger partial charge is 0.314 e. The number of nitrogens with zero attached hydrogens (tertiary/aromatic N) is 1. The maximum Gasteiger partial charge on any atom is 0.240 e. The van der Waals surface area contributed by atoms with Crippen molar-refractivity contribution >= 4 is 24.0 Å². The lowest BCUT2D eigenvalue weighted by Crippen LogP contribution is -2.46. The van der Waals surface area contributed by atoms with Crippen LogP contribution in [0, 0.1) is 11.6 Å². The second-order valence-corrected chi connectivity index (χ2v) is 5.09. The molecule has 0 aromatic heterocycles. The zero-order valence-electron chi connectivity index (χ0n) is 11.1. The van der Waals surface area contributed by atoms with Gasteiger partial charge in [-0.05, 0) is 12.1 Å². The molecule has 0 bridgehead atoms. The Bertz CT molecular complexity index is 468. The molecule has 0 aliphatic carbocycles. The molecule has 1 N–H and O–H groups in total. The summed E-state index contributed by atoms with van der Waals surface area (Å²) in [7, 11) is 0. The summed E-state index contributed by atoms with van der Waals surface area (Å²) in [5.74, 6) is -1.79. The van der Waals surface area contributed by atoms with Gasteiger partial charge in [-0.25, -0.2) is 17.6 Å². The predicted molar refractivity (Wildman–Crippen MR) is 76.4 cm³/mol. The van der Waals surface area contributed by atoms with Crippen molar-refractivity contribution < 1.29 is 17.6 Å². The molecule has 1 fully saturated rings. The summed E-state index contributed by atoms with van der Waals surface area (Å²) < 4.78 is 53.5. The van der Waals surface area contributed by atoms with Crippen molar-refractivity contribution in [3.8, 4) is 0 Å². The van der Waals surface area contributed by atoms with Gasteiger partial charge >= 0.3 is 0 Å². The number of hydrogen-bond acceptors (Lipinski definition) is 2. The molecule has 1 heterocycles. The minimum atomic E-state index is -2.65. The van der Waals surface area contributed by atoms with Crippen molar-refractivity contribution in [1.29, 1.82) is 0 Å². The Labute approximate surface area is 131 Å². The normalized spacial score (nSPS) is 17.6. The molecule has 0 spiro atoms. The van der Waals surface area contributed by atoms with E-state index in [2.05, 4.69) is 5.32 Å². The number of hydrogen-bond donors (Lipinski definition) is 1. The second kappa shape index (κ2) is 8.17. The standard InChI is InChI=1S/C13H15ClF4N2.ClH/c14-8-1-2-9(15)12(13(8)18)10(7-11(16)17)20-5-3-19-4-6-20;/h1-2,10-11,19H,3-7H2;1H/t10-;/m1./s1. The van der Waals surface area contributed by atoms with Crippen molar-refractivity contribution in [2.24, 2.45) is 0 Å². The van der Waals surface area contributed by atoms with Crippen LogP contribution in [0.4, 0.5) is 17.6 Å². The van der Waals surface area contributed by atoms with E-state index in [4.69, 9.17) is 11.6 Å². The van der Waals surface area contributed by atoms with Gasteiger partial charge in [0.1, 0.15) is 11.6 Å². The minimum absolute atomic E-state index is 0. The number of benzene rings is 1. The van der Waals surface area contributed by atoms with Crippen LogP contribution >= 0.6 is 24.0 Å². The molecule has 2 nitrogen and oxygen atoms in total. The highest BCUT2D eigenvalue weighted by molar-refractivity contribution is 6.30. The van der Waals surface area contributed by atoms with E-state index in [9.17, 15) is 17.6 Å². The highest BCUT2D eigenvalue weighted by Gasteiger charge is 2.30. The first-order chi connectivity index (χ1) is 9.50. The third-order valence-electron chi connectivity index (χ3n) is 3.41. The summed E-state index contributed by atoms with van der Waals surface area (Å²) in [5, 5.41) is 2.82. The second-order valence-electron chi connectivity index (χ2n) is 4.69. The molecule has 21 heavy (non-hydrogen) atoms. The summed E-state index contributed by atoms with van der Waals surface area (Å²) in [6, 6.07) is 1.10. The van der Waals surface area contributed by atoms with E-state index in [1.807, 2.05) is 0 Å². The average molecular weight is 347 g/mol. The van der Waals surface area contributed by atoms with Crippen molar-refractivity contribution in [1.82, 2.24) is 10.2 Å². The molecule has 1 atom stereocenters. The zero-order chi connectivity index (χ0) is 14.7. The summed E-state index contributed by atoms with van der Waals surface area (Å²) in [6.07, 6.45) is -3.26. The monoisotopic (exact) mass is 346 g/mol. The molecule has 1 aliphatic heterocycles. The van der Waals surface area contributed by atoms with Gasteiger partial charge < -0.3 is 5.32 Å². The maximum atomic E-state index is 14.1. The number of nitrogens with one attached hydrogen (secondary N) is 1. The summed E-state index contributed by atoms with van der Waals surface area (Å²) in [4.78, 5) is 1.67. The van der Waals surface area contributed by atoms with Gasteiger partial charge in [-0.1, -0.05) is 11.6 Å². The third kappa shape index (κ3) is 4.45. The van der Waals surface area contributed by atoms with Gasteiger partial charge in [-0.15, -0.1) is 12.4 Å². The molecule has 0 unspecified atom stereocenters. The van der Waals surface area contributed by atoms with Crippen LogP contribution in [-0.2, 0) is 0 Å². The van der Waals surface area contributed by atoms with E-state index in [1.165, 1.54) is 0 Å². The number of alkyl halides is 2. The first kappa shape index (κ1) is 18.5. The zero-order valence-corrected chi connectivity index (χ0v) is 12.7. The number of piperazine rings is 1. The fourth-order valence-corrected chi connectivity index (χ4v) is 2.63. The summed E-state index contributed by atoms with van der Waals surface area (Å²) in [6.45, 7) is 2.12. The van der Waals surface area contributed by atoms with E-state index in [-0.39, 0.29) is 23.0 Å². The fraction of sp³-hybridized carbons (Fsp3) is 0.538. The molecule has 2 rings (SSSR count). The first-order valence-corrected chi connectivity index (χ1v) is 6.74. The van der Waals surface area contributed by atoms with Crippen LogP contribution in [-0.4, -0.2) is 37.5 Å². The van der Waals surface area contributed by atoms with Gasteiger partial charge in [-0.3, -0.25) is 4.90 Å². The van der Waals surface area contributed by atoms with Crippen molar-refractivity contribution in [3.05, 3.63) is 34.4 Å². The molecule has 8 heteroatoms. The molecule has 0 saturated carbocycles. The predicted octanol–water partition coefficient (Wildman–Crippen LogP) is 3.64. The van der Waals surface area contributed by atoms with Gasteiger partial charge in [0.05, 0.1) is 5.02 Å². The van der Waals surface area contributed by atoms with Crippen molar-refractivity contribution in [2.75, 3.05) is 26.2 Å². The summed E-state index contributed by atoms with van der Waals surface area (Å²) in [5.41, 5.74) is -0.361. The SMILES string of the molecule is Cl.Fc1ccc(Cl)c(F)c1[C@@H](CC(F)F)N1CCNCC1. The maximum absolute atomic E-state index is 14.1. The quantitative estimate of drug-likeness (QED) is 0.661. The van der Waals surface area contributed by atoms with E-state index in [1.54, 1.807) is 4.90 Å². The molecule has 1 aromatic carbocycles. The lowest BCUT2D eigenvalue weighted by atomic mass is 10.00. The van der Waals surface area contributed by atoms with Gasteiger partial charge in [0.2, 0.25) is 6.43 Å². The summed E-state index contributed by atoms with van der Waals surface area (Å²) >= 11 is 5.65. The Kier molecular flexibility index (Phi) is 7.20. The Hall–Kier alpha value is -0.560. The number of rotatable bonds is 4. The average Bonchev–Trinajstić information content (AvgIpc) is 2.43. The van der Waals surface area contributed by atoms with E-state index in [0.29, 0.717) is 26.2 Å². The van der Waals surface area contributed by atoms with Crippen LogP contribution in [0.15, 0.2) is 12.1 Å². The molecule has 1 aromatic rings. The van der Waals surface area contributed by atoms with Gasteiger partial charge in [0.25, 0.3) is 0 Å². The van der Waals surface area contributed by atoms with Gasteiger partial charge in [0.15, 0.2) is 0 Å². The van der Waals surface area contributed by atoms with E-state index >= 15 is 0 Å². The van der Waals surface area contributed by atoms with Gasteiger partial charge in [-0.2, -0.15) is 0 Å². The molecular formula is C13H16Cl2F4N2. The van der Waals surface area contributed by atoms with E-state index < -0.39 is 30.5 Å². The fourth-order valence-electron chi connectivity index (χ4n) is 2.46. The molecule has 1 aliphatic rings. The van der Waals surface area contributed by atoms with E-state index in [0.717, 1.165) is 12.1 Å². The first-order valence-electron chi connectivity index (χ1n) is 6.37. The van der Waals surface area contributed by atoms with Crippen molar-refractivity contribution in [3.63, 3.8) is 0 Å². The van der Waals surface area contributed by atoms with Crippen LogP contribution in [0.1, 0.15) is 18.0 Å². The number of halogens is 6. The lowest BCUT2D eigenvalue weighted by molar-refractivity contribution is 0.0710. The smallest absolute Gasteiger partial charge is 0.240 e.